The Labute approximate surface area is 146 Å². The minimum Gasteiger partial charge on any atom is -0.483 e. The molecule has 1 amide bonds. The van der Waals surface area contributed by atoms with Crippen LogP contribution in [-0.2, 0) is 22.6 Å². The highest BCUT2D eigenvalue weighted by atomic mass is 16.5. The summed E-state index contributed by atoms with van der Waals surface area (Å²) in [5.74, 6) is 0.564. The molecule has 0 spiro atoms. The number of amides is 1. The third kappa shape index (κ3) is 4.39. The average Bonchev–Trinajstić information content (AvgIpc) is 3.28. The van der Waals surface area contributed by atoms with Gasteiger partial charge in [0.15, 0.2) is 6.61 Å². The molecule has 7 heteroatoms. The maximum atomic E-state index is 11.9. The summed E-state index contributed by atoms with van der Waals surface area (Å²) in [6.45, 7) is 2.64. The first-order chi connectivity index (χ1) is 12.3. The van der Waals surface area contributed by atoms with Gasteiger partial charge in [-0.05, 0) is 18.2 Å². The molecule has 2 aromatic heterocycles. The van der Waals surface area contributed by atoms with Crippen LogP contribution in [0, 0.1) is 0 Å². The van der Waals surface area contributed by atoms with Gasteiger partial charge in [0.2, 0.25) is 0 Å². The lowest BCUT2D eigenvalue weighted by Crippen LogP contribution is -2.31. The normalized spacial score (nSPS) is 10.9. The molecule has 7 nitrogen and oxygen atoms in total. The molecule has 132 valence electrons. The fraction of sp³-hybridized carbons (Fsp3) is 0.333. The van der Waals surface area contributed by atoms with Crippen molar-refractivity contribution in [3.8, 4) is 5.75 Å². The van der Waals surface area contributed by atoms with E-state index in [0.29, 0.717) is 25.4 Å². The van der Waals surface area contributed by atoms with Crippen molar-refractivity contribution in [2.45, 2.75) is 13.1 Å². The van der Waals surface area contributed by atoms with E-state index in [1.807, 2.05) is 41.2 Å². The Hall–Kier alpha value is -2.80. The Morgan fingerprint density at radius 3 is 2.96 bits per heavy atom. The maximum absolute atomic E-state index is 11.9. The predicted molar refractivity (Wildman–Crippen MR) is 94.5 cm³/mol. The summed E-state index contributed by atoms with van der Waals surface area (Å²) in [7, 11) is 1.69. The molecule has 0 aliphatic carbocycles. The predicted octanol–water partition coefficient (Wildman–Crippen LogP) is 1.68. The number of aromatic nitrogens is 3. The second-order valence-electron chi connectivity index (χ2n) is 5.63. The first kappa shape index (κ1) is 17.0. The quantitative estimate of drug-likeness (QED) is 0.642. The topological polar surface area (TPSA) is 70.3 Å². The van der Waals surface area contributed by atoms with Crippen LogP contribution in [0.1, 0.15) is 0 Å². The number of fused-ring (bicyclic) bond motifs is 1. The number of carbonyl (C=O) groups excluding carboxylic acids is 1. The standard InChI is InChI=1S/C18H22N4O3/c1-24-12-11-22-8-5-15-16(22)3-2-4-17(15)25-13-18(23)20-7-10-21-9-6-19-14-21/h2-6,8-9,14H,7,10-13H2,1H3,(H,20,23). The van der Waals surface area contributed by atoms with Crippen LogP contribution in [0.25, 0.3) is 10.9 Å². The summed E-state index contributed by atoms with van der Waals surface area (Å²) in [5.41, 5.74) is 1.06. The summed E-state index contributed by atoms with van der Waals surface area (Å²) in [4.78, 5) is 15.9. The summed E-state index contributed by atoms with van der Waals surface area (Å²) >= 11 is 0. The third-order valence-corrected chi connectivity index (χ3v) is 3.92. The molecule has 0 saturated heterocycles. The molecular formula is C18H22N4O3. The SMILES string of the molecule is COCCn1ccc2c(OCC(=O)NCCn3ccnc3)cccc21. The average molecular weight is 342 g/mol. The molecular weight excluding hydrogens is 320 g/mol. The van der Waals surface area contributed by atoms with E-state index in [0.717, 1.165) is 17.4 Å². The molecule has 1 N–H and O–H groups in total. The number of imidazole rings is 1. The van der Waals surface area contributed by atoms with Crippen LogP contribution in [0.5, 0.6) is 5.75 Å². The summed E-state index contributed by atoms with van der Waals surface area (Å²) < 4.78 is 14.9. The zero-order valence-electron chi connectivity index (χ0n) is 14.2. The molecule has 0 fully saturated rings. The first-order valence-electron chi connectivity index (χ1n) is 8.20. The summed E-state index contributed by atoms with van der Waals surface area (Å²) in [6.07, 6.45) is 7.29. The van der Waals surface area contributed by atoms with E-state index in [1.54, 1.807) is 19.6 Å². The highest BCUT2D eigenvalue weighted by Crippen LogP contribution is 2.26. The third-order valence-electron chi connectivity index (χ3n) is 3.92. The molecule has 3 rings (SSSR count). The van der Waals surface area contributed by atoms with Crippen LogP contribution < -0.4 is 10.1 Å². The molecule has 0 bridgehead atoms. The summed E-state index contributed by atoms with van der Waals surface area (Å²) in [6, 6.07) is 7.83. The minimum absolute atomic E-state index is 0.00765. The molecule has 0 aliphatic rings. The Kier molecular flexibility index (Phi) is 5.69. The van der Waals surface area contributed by atoms with Crippen molar-refractivity contribution in [1.29, 1.82) is 0 Å². The second-order valence-corrected chi connectivity index (χ2v) is 5.63. The monoisotopic (exact) mass is 342 g/mol. The fourth-order valence-corrected chi connectivity index (χ4v) is 2.64. The molecule has 0 unspecified atom stereocenters. The Morgan fingerprint density at radius 2 is 2.16 bits per heavy atom. The van der Waals surface area contributed by atoms with Crippen molar-refractivity contribution in [3.05, 3.63) is 49.2 Å². The number of nitrogens with zero attached hydrogens (tertiary/aromatic N) is 3. The maximum Gasteiger partial charge on any atom is 0.258 e. The van der Waals surface area contributed by atoms with Gasteiger partial charge in [-0.3, -0.25) is 4.79 Å². The van der Waals surface area contributed by atoms with Gasteiger partial charge in [0.05, 0.1) is 18.5 Å². The molecule has 0 atom stereocenters. The van der Waals surface area contributed by atoms with Gasteiger partial charge in [-0.2, -0.15) is 0 Å². The lowest BCUT2D eigenvalue weighted by Gasteiger charge is -2.10. The van der Waals surface area contributed by atoms with E-state index >= 15 is 0 Å². The highest BCUT2D eigenvalue weighted by molar-refractivity contribution is 5.87. The number of hydrogen-bond acceptors (Lipinski definition) is 4. The van der Waals surface area contributed by atoms with E-state index in [2.05, 4.69) is 14.9 Å². The van der Waals surface area contributed by atoms with Crippen molar-refractivity contribution in [2.24, 2.45) is 0 Å². The number of carbonyl (C=O) groups is 1. The first-order valence-corrected chi connectivity index (χ1v) is 8.20. The molecule has 0 saturated carbocycles. The number of hydrogen-bond donors (Lipinski definition) is 1. The molecule has 2 heterocycles. The zero-order valence-corrected chi connectivity index (χ0v) is 14.2. The van der Waals surface area contributed by atoms with Gasteiger partial charge in [0.25, 0.3) is 5.91 Å². The largest absolute Gasteiger partial charge is 0.483 e. The minimum atomic E-state index is -0.143. The number of ether oxygens (including phenoxy) is 2. The van der Waals surface area contributed by atoms with Gasteiger partial charge in [0, 0.05) is 50.7 Å². The van der Waals surface area contributed by atoms with Crippen LogP contribution in [0.15, 0.2) is 49.2 Å². The second kappa shape index (κ2) is 8.34. The smallest absolute Gasteiger partial charge is 0.258 e. The van der Waals surface area contributed by atoms with E-state index < -0.39 is 0 Å². The van der Waals surface area contributed by atoms with Crippen molar-refractivity contribution >= 4 is 16.8 Å². The van der Waals surface area contributed by atoms with Gasteiger partial charge in [0.1, 0.15) is 5.75 Å². The van der Waals surface area contributed by atoms with Crippen LogP contribution in [0.3, 0.4) is 0 Å². The Bertz CT molecular complexity index is 811. The lowest BCUT2D eigenvalue weighted by atomic mass is 10.2. The van der Waals surface area contributed by atoms with E-state index in [9.17, 15) is 4.79 Å². The molecule has 1 aromatic carbocycles. The van der Waals surface area contributed by atoms with E-state index in [-0.39, 0.29) is 12.5 Å². The summed E-state index contributed by atoms with van der Waals surface area (Å²) in [5, 5.41) is 3.83. The van der Waals surface area contributed by atoms with E-state index in [4.69, 9.17) is 9.47 Å². The van der Waals surface area contributed by atoms with Crippen LogP contribution >= 0.6 is 0 Å². The fourth-order valence-electron chi connectivity index (χ4n) is 2.64. The molecule has 0 aliphatic heterocycles. The van der Waals surface area contributed by atoms with Gasteiger partial charge in [-0.1, -0.05) is 6.07 Å². The number of methoxy groups -OCH3 is 1. The van der Waals surface area contributed by atoms with Crippen LogP contribution in [0.4, 0.5) is 0 Å². The van der Waals surface area contributed by atoms with Crippen LogP contribution in [0.2, 0.25) is 0 Å². The van der Waals surface area contributed by atoms with Gasteiger partial charge in [-0.25, -0.2) is 4.98 Å². The molecule has 25 heavy (non-hydrogen) atoms. The molecule has 0 radical (unpaired) electrons. The van der Waals surface area contributed by atoms with Gasteiger partial charge in [-0.15, -0.1) is 0 Å². The van der Waals surface area contributed by atoms with Crippen molar-refractivity contribution in [3.63, 3.8) is 0 Å². The highest BCUT2D eigenvalue weighted by Gasteiger charge is 2.08. The van der Waals surface area contributed by atoms with Gasteiger partial charge >= 0.3 is 0 Å². The van der Waals surface area contributed by atoms with Crippen molar-refractivity contribution in [1.82, 2.24) is 19.4 Å². The molecule has 3 aromatic rings. The van der Waals surface area contributed by atoms with Crippen LogP contribution in [-0.4, -0.2) is 46.9 Å². The zero-order chi connectivity index (χ0) is 17.5. The van der Waals surface area contributed by atoms with Crippen molar-refractivity contribution < 1.29 is 14.3 Å². The number of benzene rings is 1. The Balaban J connectivity index is 1.53. The Morgan fingerprint density at radius 1 is 1.24 bits per heavy atom. The number of rotatable bonds is 9. The van der Waals surface area contributed by atoms with E-state index in [1.165, 1.54) is 0 Å². The number of nitrogens with one attached hydrogen (secondary N) is 1. The van der Waals surface area contributed by atoms with Crippen molar-refractivity contribution in [2.75, 3.05) is 26.9 Å². The lowest BCUT2D eigenvalue weighted by molar-refractivity contribution is -0.123. The van der Waals surface area contributed by atoms with Gasteiger partial charge < -0.3 is 23.9 Å².